The first-order valence-electron chi connectivity index (χ1n) is 7.50. The van der Waals surface area contributed by atoms with Gasteiger partial charge in [-0.15, -0.1) is 5.10 Å². The van der Waals surface area contributed by atoms with Gasteiger partial charge in [0.05, 0.1) is 23.3 Å². The minimum Gasteiger partial charge on any atom is -0.465 e. The summed E-state index contributed by atoms with van der Waals surface area (Å²) >= 11 is 0. The number of hydrogen-bond donors (Lipinski definition) is 1. The molecule has 1 aromatic heterocycles. The minimum atomic E-state index is -0.779. The molecule has 136 valence electrons. The van der Waals surface area contributed by atoms with Crippen LogP contribution in [0.5, 0.6) is 0 Å². The number of nitro groups is 1. The maximum Gasteiger partial charge on any atom is 0.338 e. The number of nitro benzene ring substituents is 1. The average Bonchev–Trinajstić information content (AvgIpc) is 3.22. The fraction of sp³-hybridized carbons (Fsp3) is 0.0625. The van der Waals surface area contributed by atoms with Crippen molar-refractivity contribution >= 4 is 23.3 Å². The van der Waals surface area contributed by atoms with Gasteiger partial charge >= 0.3 is 5.97 Å². The number of tetrazole rings is 1. The number of carbonyl (C=O) groups excluding carboxylic acids is 2. The van der Waals surface area contributed by atoms with Crippen molar-refractivity contribution in [2.75, 3.05) is 12.4 Å². The molecule has 27 heavy (non-hydrogen) atoms. The lowest BCUT2D eigenvalue weighted by Crippen LogP contribution is -2.14. The highest BCUT2D eigenvalue weighted by Crippen LogP contribution is 2.20. The summed E-state index contributed by atoms with van der Waals surface area (Å²) in [6.07, 6.45) is 1.42. The van der Waals surface area contributed by atoms with Crippen molar-refractivity contribution < 1.29 is 19.2 Å². The molecular formula is C16H12N6O5. The van der Waals surface area contributed by atoms with E-state index in [0.717, 1.165) is 19.2 Å². The average molecular weight is 368 g/mol. The highest BCUT2D eigenvalue weighted by atomic mass is 16.6. The fourth-order valence-electron chi connectivity index (χ4n) is 2.26. The molecule has 0 aliphatic carbocycles. The quantitative estimate of drug-likeness (QED) is 0.406. The Kier molecular flexibility index (Phi) is 4.84. The Labute approximate surface area is 151 Å². The molecule has 0 atom stereocenters. The third-order valence-corrected chi connectivity index (χ3v) is 3.55. The van der Waals surface area contributed by atoms with Crippen molar-refractivity contribution in [1.29, 1.82) is 0 Å². The van der Waals surface area contributed by atoms with E-state index in [2.05, 4.69) is 25.6 Å². The van der Waals surface area contributed by atoms with Gasteiger partial charge in [-0.25, -0.2) is 9.48 Å². The maximum atomic E-state index is 12.4. The van der Waals surface area contributed by atoms with Gasteiger partial charge in [0.15, 0.2) is 0 Å². The maximum absolute atomic E-state index is 12.4. The molecule has 0 saturated carbocycles. The van der Waals surface area contributed by atoms with Crippen LogP contribution in [0, 0.1) is 10.1 Å². The van der Waals surface area contributed by atoms with E-state index in [1.165, 1.54) is 17.1 Å². The first kappa shape index (κ1) is 17.7. The summed E-state index contributed by atoms with van der Waals surface area (Å²) in [5, 5.41) is 24.5. The molecule has 0 aliphatic rings. The zero-order chi connectivity index (χ0) is 19.4. The van der Waals surface area contributed by atoms with E-state index in [1.807, 2.05) is 0 Å². The summed E-state index contributed by atoms with van der Waals surface area (Å²) < 4.78 is 6.00. The monoisotopic (exact) mass is 368 g/mol. The first-order valence-corrected chi connectivity index (χ1v) is 7.50. The molecule has 2 aromatic carbocycles. The number of carbonyl (C=O) groups is 2. The van der Waals surface area contributed by atoms with Crippen LogP contribution in [-0.4, -0.2) is 44.1 Å². The molecule has 1 N–H and O–H groups in total. The summed E-state index contributed by atoms with van der Waals surface area (Å²) in [5.41, 5.74) is 0.599. The number of esters is 1. The molecule has 0 unspecified atom stereocenters. The Hall–Kier alpha value is -4.15. The van der Waals surface area contributed by atoms with Crippen LogP contribution >= 0.6 is 0 Å². The van der Waals surface area contributed by atoms with Gasteiger partial charge in [-0.1, -0.05) is 0 Å². The number of rotatable bonds is 5. The molecule has 1 heterocycles. The Morgan fingerprint density at radius 3 is 2.44 bits per heavy atom. The number of methoxy groups -OCH3 is 1. The lowest BCUT2D eigenvalue weighted by atomic mass is 10.1. The van der Waals surface area contributed by atoms with Crippen molar-refractivity contribution in [3.8, 4) is 5.69 Å². The Balaban J connectivity index is 1.84. The van der Waals surface area contributed by atoms with E-state index in [9.17, 15) is 19.7 Å². The van der Waals surface area contributed by atoms with Gasteiger partial charge in [0.2, 0.25) is 0 Å². The molecule has 0 bridgehead atoms. The van der Waals surface area contributed by atoms with Gasteiger partial charge in [0.1, 0.15) is 6.33 Å². The highest BCUT2D eigenvalue weighted by Gasteiger charge is 2.18. The van der Waals surface area contributed by atoms with E-state index >= 15 is 0 Å². The van der Waals surface area contributed by atoms with Crippen LogP contribution in [0.25, 0.3) is 5.69 Å². The van der Waals surface area contributed by atoms with Gasteiger partial charge < -0.3 is 10.1 Å². The summed E-state index contributed by atoms with van der Waals surface area (Å²) in [7, 11) is 1.15. The molecule has 0 spiro atoms. The van der Waals surface area contributed by atoms with Crippen LogP contribution < -0.4 is 5.32 Å². The molecule has 11 heteroatoms. The number of hydrogen-bond acceptors (Lipinski definition) is 8. The number of non-ortho nitro benzene ring substituents is 1. The molecule has 11 nitrogen and oxygen atoms in total. The molecule has 0 radical (unpaired) electrons. The van der Waals surface area contributed by atoms with Crippen molar-refractivity contribution in [2.45, 2.75) is 0 Å². The van der Waals surface area contributed by atoms with Crippen molar-refractivity contribution in [1.82, 2.24) is 20.2 Å². The van der Waals surface area contributed by atoms with Gasteiger partial charge in [0.25, 0.3) is 11.6 Å². The van der Waals surface area contributed by atoms with E-state index in [4.69, 9.17) is 0 Å². The second-order valence-corrected chi connectivity index (χ2v) is 5.27. The van der Waals surface area contributed by atoms with Crippen LogP contribution in [0.3, 0.4) is 0 Å². The third kappa shape index (κ3) is 3.92. The van der Waals surface area contributed by atoms with Crippen molar-refractivity contribution in [2.24, 2.45) is 0 Å². The Morgan fingerprint density at radius 1 is 1.15 bits per heavy atom. The second-order valence-electron chi connectivity index (χ2n) is 5.27. The minimum absolute atomic E-state index is 0.0471. The zero-order valence-electron chi connectivity index (χ0n) is 13.9. The van der Waals surface area contributed by atoms with E-state index in [1.54, 1.807) is 24.3 Å². The fourth-order valence-corrected chi connectivity index (χ4v) is 2.26. The summed E-state index contributed by atoms with van der Waals surface area (Å²) in [6, 6.07) is 9.95. The topological polar surface area (TPSA) is 142 Å². The van der Waals surface area contributed by atoms with Gasteiger partial charge in [-0.05, 0) is 40.8 Å². The number of ether oxygens (including phenoxy) is 1. The van der Waals surface area contributed by atoms with Crippen LogP contribution in [0.4, 0.5) is 11.4 Å². The van der Waals surface area contributed by atoms with Crippen molar-refractivity contribution in [3.63, 3.8) is 0 Å². The van der Waals surface area contributed by atoms with Crippen molar-refractivity contribution in [3.05, 3.63) is 70.0 Å². The second kappa shape index (κ2) is 7.39. The molecule has 3 rings (SSSR count). The first-order chi connectivity index (χ1) is 13.0. The number of amides is 1. The molecular weight excluding hydrogens is 356 g/mol. The van der Waals surface area contributed by atoms with Crippen LogP contribution in [0.15, 0.2) is 48.8 Å². The third-order valence-electron chi connectivity index (χ3n) is 3.55. The van der Waals surface area contributed by atoms with Crippen LogP contribution in [0.1, 0.15) is 20.7 Å². The van der Waals surface area contributed by atoms with E-state index in [-0.39, 0.29) is 11.1 Å². The molecule has 0 aliphatic heterocycles. The largest absolute Gasteiger partial charge is 0.465 e. The summed E-state index contributed by atoms with van der Waals surface area (Å²) in [4.78, 5) is 34.5. The van der Waals surface area contributed by atoms with Crippen LogP contribution in [0.2, 0.25) is 0 Å². The van der Waals surface area contributed by atoms with Gasteiger partial charge in [-0.2, -0.15) is 0 Å². The van der Waals surface area contributed by atoms with Gasteiger partial charge in [-0.3, -0.25) is 14.9 Å². The van der Waals surface area contributed by atoms with Gasteiger partial charge in [0, 0.05) is 23.4 Å². The normalized spacial score (nSPS) is 10.3. The SMILES string of the molecule is COC(=O)c1cc(C(=O)Nc2ccc(-n3cnnn3)cc2)cc([N+](=O)[O-])c1. The number of benzene rings is 2. The zero-order valence-corrected chi connectivity index (χ0v) is 13.9. The molecule has 3 aromatic rings. The number of aromatic nitrogens is 4. The number of anilines is 1. The number of nitrogens with one attached hydrogen (secondary N) is 1. The van der Waals surface area contributed by atoms with E-state index in [0.29, 0.717) is 11.4 Å². The Bertz CT molecular complexity index is 1000. The summed E-state index contributed by atoms with van der Waals surface area (Å²) in [5.74, 6) is -1.39. The Morgan fingerprint density at radius 2 is 1.85 bits per heavy atom. The lowest BCUT2D eigenvalue weighted by molar-refractivity contribution is -0.384. The smallest absolute Gasteiger partial charge is 0.338 e. The predicted octanol–water partition coefficient (Wildman–Crippen LogP) is 1.61. The van der Waals surface area contributed by atoms with E-state index < -0.39 is 22.5 Å². The molecule has 1 amide bonds. The predicted molar refractivity (Wildman–Crippen MR) is 91.5 cm³/mol. The number of nitrogens with zero attached hydrogens (tertiary/aromatic N) is 5. The lowest BCUT2D eigenvalue weighted by Gasteiger charge is -2.08. The standard InChI is InChI=1S/C16H12N6O5/c1-27-16(24)11-6-10(7-14(8-11)22(25)26)15(23)18-12-2-4-13(5-3-12)21-9-17-19-20-21/h2-9H,1H3,(H,18,23). The highest BCUT2D eigenvalue weighted by molar-refractivity contribution is 6.06. The molecule has 0 saturated heterocycles. The molecule has 0 fully saturated rings. The summed E-state index contributed by atoms with van der Waals surface area (Å²) in [6.45, 7) is 0. The van der Waals surface area contributed by atoms with Crippen LogP contribution in [-0.2, 0) is 4.74 Å².